The van der Waals surface area contributed by atoms with E-state index < -0.39 is 11.9 Å². The van der Waals surface area contributed by atoms with Gasteiger partial charge in [0.2, 0.25) is 0 Å². The van der Waals surface area contributed by atoms with E-state index in [0.29, 0.717) is 11.5 Å². The summed E-state index contributed by atoms with van der Waals surface area (Å²) in [7, 11) is 0. The molecule has 0 spiro atoms. The van der Waals surface area contributed by atoms with Gasteiger partial charge >= 0.3 is 11.9 Å². The number of carbonyl (C=O) groups is 2. The first-order chi connectivity index (χ1) is 16.1. The molecule has 0 radical (unpaired) electrons. The molecule has 0 amide bonds. The average molecular weight is 439 g/mol. The largest absolute Gasteiger partial charge is 0.423 e. The van der Waals surface area contributed by atoms with Gasteiger partial charge in [-0.3, -0.25) is 0 Å². The summed E-state index contributed by atoms with van der Waals surface area (Å²) in [5.74, 6) is 0.229. The third kappa shape index (κ3) is 4.51. The summed E-state index contributed by atoms with van der Waals surface area (Å²) in [5.41, 5.74) is 4.50. The fourth-order valence-electron chi connectivity index (χ4n) is 4.57. The molecule has 4 heteroatoms. The molecule has 3 aromatic carbocycles. The number of ether oxygens (including phenoxy) is 2. The van der Waals surface area contributed by atoms with Crippen LogP contribution in [0.2, 0.25) is 0 Å². The minimum absolute atomic E-state index is 0.339. The number of fused-ring (bicyclic) bond motifs is 1. The van der Waals surface area contributed by atoms with E-state index in [1.165, 1.54) is 23.3 Å². The number of hydrogen-bond donors (Lipinski definition) is 0. The molecule has 33 heavy (non-hydrogen) atoms. The summed E-state index contributed by atoms with van der Waals surface area (Å²) in [6.07, 6.45) is 7.98. The van der Waals surface area contributed by atoms with Crippen LogP contribution < -0.4 is 9.47 Å². The summed E-state index contributed by atoms with van der Waals surface area (Å²) < 4.78 is 10.7. The first-order valence-electron chi connectivity index (χ1n) is 11.1. The molecule has 0 bridgehead atoms. The Bertz CT molecular complexity index is 1130. The molecule has 166 valence electrons. The van der Waals surface area contributed by atoms with Gasteiger partial charge in [0, 0.05) is 17.6 Å². The quantitative estimate of drug-likeness (QED) is 0.272. The highest BCUT2D eigenvalue weighted by molar-refractivity contribution is 5.84. The molecular weight excluding hydrogens is 412 g/mol. The molecule has 0 atom stereocenters. The Morgan fingerprint density at radius 3 is 1.70 bits per heavy atom. The Morgan fingerprint density at radius 1 is 0.727 bits per heavy atom. The van der Waals surface area contributed by atoms with Crippen LogP contribution in [-0.4, -0.2) is 11.9 Å². The van der Waals surface area contributed by atoms with Crippen molar-refractivity contribution in [2.75, 3.05) is 0 Å². The van der Waals surface area contributed by atoms with Crippen LogP contribution in [-0.2, 0) is 21.4 Å². The molecule has 4 rings (SSSR count). The Morgan fingerprint density at radius 2 is 1.21 bits per heavy atom. The summed E-state index contributed by atoms with van der Waals surface area (Å²) in [4.78, 5) is 23.6. The second-order valence-electron chi connectivity index (χ2n) is 7.95. The lowest BCUT2D eigenvalue weighted by Crippen LogP contribution is -2.26. The molecular formula is C29H26O4. The minimum atomic E-state index is -0.394. The van der Waals surface area contributed by atoms with E-state index >= 15 is 0 Å². The number of aryl methyl sites for hydroxylation is 1. The maximum Gasteiger partial charge on any atom is 0.335 e. The van der Waals surface area contributed by atoms with Crippen LogP contribution in [0, 0.1) is 0 Å². The topological polar surface area (TPSA) is 52.6 Å². The lowest BCUT2D eigenvalue weighted by Gasteiger charge is -2.32. The molecule has 1 aliphatic rings. The fourth-order valence-corrected chi connectivity index (χ4v) is 4.57. The summed E-state index contributed by atoms with van der Waals surface area (Å²) >= 11 is 0. The zero-order valence-corrected chi connectivity index (χ0v) is 18.8. The highest BCUT2D eigenvalue weighted by Crippen LogP contribution is 2.49. The molecule has 0 aromatic heterocycles. The summed E-state index contributed by atoms with van der Waals surface area (Å²) in [6, 6.07) is 24.0. The standard InChI is InChI=1S/C29H26O4/c1-3-7-27(30)32-24-15-11-22(12-16-24)29(20-19-21-9-5-6-10-26(21)29)23-13-17-25(18-14-23)33-28(31)8-4-2/h3-18H,19-20H2,1-2H3. The van der Waals surface area contributed by atoms with Crippen molar-refractivity contribution in [1.82, 2.24) is 0 Å². The molecule has 0 saturated heterocycles. The van der Waals surface area contributed by atoms with E-state index in [1.807, 2.05) is 48.5 Å². The number of rotatable bonds is 6. The maximum atomic E-state index is 11.8. The predicted octanol–water partition coefficient (Wildman–Crippen LogP) is 5.93. The molecule has 0 unspecified atom stereocenters. The minimum Gasteiger partial charge on any atom is -0.423 e. The SMILES string of the molecule is CC=CC(=O)Oc1ccc(C2(c3ccc(OC(=O)C=CC)cc3)CCc3ccccc32)cc1. The molecule has 0 fully saturated rings. The second-order valence-corrected chi connectivity index (χ2v) is 7.95. The fraction of sp³-hybridized carbons (Fsp3) is 0.172. The number of benzene rings is 3. The van der Waals surface area contributed by atoms with Gasteiger partial charge in [-0.2, -0.15) is 0 Å². The summed E-state index contributed by atoms with van der Waals surface area (Å²) in [5, 5.41) is 0. The van der Waals surface area contributed by atoms with Crippen molar-refractivity contribution >= 4 is 11.9 Å². The molecule has 0 saturated carbocycles. The van der Waals surface area contributed by atoms with Gasteiger partial charge in [0.05, 0.1) is 0 Å². The van der Waals surface area contributed by atoms with Crippen molar-refractivity contribution in [2.24, 2.45) is 0 Å². The van der Waals surface area contributed by atoms with Crippen molar-refractivity contribution in [3.63, 3.8) is 0 Å². The van der Waals surface area contributed by atoms with Crippen molar-refractivity contribution in [3.8, 4) is 11.5 Å². The van der Waals surface area contributed by atoms with Gasteiger partial charge in [-0.1, -0.05) is 60.7 Å². The Labute approximate surface area is 194 Å². The zero-order valence-electron chi connectivity index (χ0n) is 18.8. The van der Waals surface area contributed by atoms with E-state index in [2.05, 4.69) is 24.3 Å². The van der Waals surface area contributed by atoms with Crippen LogP contribution in [0.5, 0.6) is 11.5 Å². The third-order valence-electron chi connectivity index (χ3n) is 5.98. The van der Waals surface area contributed by atoms with Crippen molar-refractivity contribution in [3.05, 3.63) is 119 Å². The van der Waals surface area contributed by atoms with Crippen molar-refractivity contribution < 1.29 is 19.1 Å². The molecule has 1 aliphatic carbocycles. The molecule has 0 heterocycles. The van der Waals surface area contributed by atoms with Gasteiger partial charge in [-0.15, -0.1) is 0 Å². The van der Waals surface area contributed by atoms with Gasteiger partial charge in [-0.05, 0) is 73.2 Å². The molecule has 4 nitrogen and oxygen atoms in total. The van der Waals surface area contributed by atoms with E-state index in [0.717, 1.165) is 24.0 Å². The number of esters is 2. The first kappa shape index (κ1) is 22.3. The Balaban J connectivity index is 1.73. The van der Waals surface area contributed by atoms with Crippen molar-refractivity contribution in [1.29, 1.82) is 0 Å². The van der Waals surface area contributed by atoms with Crippen LogP contribution in [0.4, 0.5) is 0 Å². The van der Waals surface area contributed by atoms with Crippen molar-refractivity contribution in [2.45, 2.75) is 32.1 Å². The zero-order chi connectivity index (χ0) is 23.3. The number of allylic oxidation sites excluding steroid dienone is 2. The van der Waals surface area contributed by atoms with Gasteiger partial charge < -0.3 is 9.47 Å². The summed E-state index contributed by atoms with van der Waals surface area (Å²) in [6.45, 7) is 3.55. The van der Waals surface area contributed by atoms with Gasteiger partial charge in [-0.25, -0.2) is 9.59 Å². The maximum absolute atomic E-state index is 11.8. The van der Waals surface area contributed by atoms with Crippen LogP contribution in [0.1, 0.15) is 42.5 Å². The molecule has 0 aliphatic heterocycles. The Kier molecular flexibility index (Phi) is 6.55. The average Bonchev–Trinajstić information content (AvgIpc) is 3.21. The van der Waals surface area contributed by atoms with E-state index in [-0.39, 0.29) is 5.41 Å². The van der Waals surface area contributed by atoms with Gasteiger partial charge in [0.15, 0.2) is 0 Å². The lowest BCUT2D eigenvalue weighted by atomic mass is 9.70. The second kappa shape index (κ2) is 9.70. The highest BCUT2D eigenvalue weighted by Gasteiger charge is 2.41. The first-order valence-corrected chi connectivity index (χ1v) is 11.1. The smallest absolute Gasteiger partial charge is 0.335 e. The number of hydrogen-bond acceptors (Lipinski definition) is 4. The van der Waals surface area contributed by atoms with Gasteiger partial charge in [0.25, 0.3) is 0 Å². The Hall–Kier alpha value is -3.92. The molecule has 3 aromatic rings. The van der Waals surface area contributed by atoms with Gasteiger partial charge in [0.1, 0.15) is 11.5 Å². The monoisotopic (exact) mass is 438 g/mol. The van der Waals surface area contributed by atoms with Crippen LogP contribution >= 0.6 is 0 Å². The molecule has 0 N–H and O–H groups in total. The van der Waals surface area contributed by atoms with E-state index in [1.54, 1.807) is 26.0 Å². The van der Waals surface area contributed by atoms with Crippen LogP contribution in [0.25, 0.3) is 0 Å². The normalized spacial score (nSPS) is 17.3. The lowest BCUT2D eigenvalue weighted by molar-refractivity contribution is -0.129. The predicted molar refractivity (Wildman–Crippen MR) is 128 cm³/mol. The number of carbonyl (C=O) groups excluding carboxylic acids is 2. The third-order valence-corrected chi connectivity index (χ3v) is 5.98. The van der Waals surface area contributed by atoms with E-state index in [4.69, 9.17) is 9.47 Å². The van der Waals surface area contributed by atoms with Crippen LogP contribution in [0.15, 0.2) is 97.1 Å². The highest BCUT2D eigenvalue weighted by atomic mass is 16.5. The van der Waals surface area contributed by atoms with Crippen LogP contribution in [0.3, 0.4) is 0 Å². The van der Waals surface area contributed by atoms with E-state index in [9.17, 15) is 9.59 Å².